The number of hydrogen-bond donors (Lipinski definition) is 3. The fraction of sp³-hybridized carbons (Fsp3) is 0.667. The lowest BCUT2D eigenvalue weighted by molar-refractivity contribution is 0.117. The topological polar surface area (TPSA) is 105 Å². The Kier molecular flexibility index (Phi) is 9.19. The van der Waals surface area contributed by atoms with Crippen LogP contribution in [-0.4, -0.2) is 61.8 Å². The second kappa shape index (κ2) is 11.4. The Morgan fingerprint density at radius 1 is 1.33 bits per heavy atom. The van der Waals surface area contributed by atoms with Crippen LogP contribution in [-0.2, 0) is 11.2 Å². The SMILES string of the molecule is I.NC(=O)N1CCC(NC(=NCC2CCCO2)NCCc2ccco2)CC1. The van der Waals surface area contributed by atoms with Gasteiger partial charge in [0.05, 0.1) is 18.9 Å². The number of ether oxygens (including phenoxy) is 1. The number of nitrogens with one attached hydrogen (secondary N) is 2. The summed E-state index contributed by atoms with van der Waals surface area (Å²) in [6, 6.07) is 3.81. The molecular formula is C18H30IN5O3. The molecule has 2 saturated heterocycles. The normalized spacial score (nSPS) is 21.0. The van der Waals surface area contributed by atoms with Gasteiger partial charge in [0.15, 0.2) is 5.96 Å². The molecule has 0 radical (unpaired) electrons. The third-order valence-electron chi connectivity index (χ3n) is 4.87. The summed E-state index contributed by atoms with van der Waals surface area (Å²) in [7, 11) is 0. The monoisotopic (exact) mass is 491 g/mol. The summed E-state index contributed by atoms with van der Waals surface area (Å²) in [6.07, 6.45) is 6.61. The number of furan rings is 1. The van der Waals surface area contributed by atoms with Gasteiger partial charge in [-0.1, -0.05) is 0 Å². The molecule has 1 aromatic rings. The fourth-order valence-corrected chi connectivity index (χ4v) is 3.33. The summed E-state index contributed by atoms with van der Waals surface area (Å²) in [5, 5.41) is 6.87. The molecular weight excluding hydrogens is 461 g/mol. The van der Waals surface area contributed by atoms with Crippen LogP contribution in [0.2, 0.25) is 0 Å². The highest BCUT2D eigenvalue weighted by Crippen LogP contribution is 2.12. The molecule has 3 rings (SSSR count). The van der Waals surface area contributed by atoms with E-state index in [1.54, 1.807) is 11.2 Å². The van der Waals surface area contributed by atoms with Gasteiger partial charge in [0.1, 0.15) is 5.76 Å². The highest BCUT2D eigenvalue weighted by Gasteiger charge is 2.22. The van der Waals surface area contributed by atoms with Crippen molar-refractivity contribution in [1.82, 2.24) is 15.5 Å². The summed E-state index contributed by atoms with van der Waals surface area (Å²) < 4.78 is 11.0. The third kappa shape index (κ3) is 7.21. The van der Waals surface area contributed by atoms with Gasteiger partial charge in [-0.25, -0.2) is 4.79 Å². The predicted molar refractivity (Wildman–Crippen MR) is 114 cm³/mol. The first kappa shape index (κ1) is 21.8. The molecule has 2 fully saturated rings. The van der Waals surface area contributed by atoms with Crippen molar-refractivity contribution < 1.29 is 13.9 Å². The van der Waals surface area contributed by atoms with E-state index >= 15 is 0 Å². The molecule has 0 aliphatic carbocycles. The molecule has 2 amide bonds. The minimum Gasteiger partial charge on any atom is -0.469 e. The molecule has 0 aromatic carbocycles. The van der Waals surface area contributed by atoms with Gasteiger partial charge in [-0.3, -0.25) is 4.99 Å². The number of urea groups is 1. The highest BCUT2D eigenvalue weighted by atomic mass is 127. The lowest BCUT2D eigenvalue weighted by Crippen LogP contribution is -2.51. The zero-order valence-electron chi connectivity index (χ0n) is 15.6. The van der Waals surface area contributed by atoms with Gasteiger partial charge >= 0.3 is 6.03 Å². The van der Waals surface area contributed by atoms with E-state index in [1.165, 1.54) is 0 Å². The molecule has 4 N–H and O–H groups in total. The first-order chi connectivity index (χ1) is 12.7. The summed E-state index contributed by atoms with van der Waals surface area (Å²) in [4.78, 5) is 17.6. The maximum Gasteiger partial charge on any atom is 0.314 e. The molecule has 3 heterocycles. The molecule has 152 valence electrons. The Hall–Kier alpha value is -1.49. The molecule has 2 aliphatic rings. The number of aliphatic imine (C=N–C) groups is 1. The first-order valence-corrected chi connectivity index (χ1v) is 9.44. The fourth-order valence-electron chi connectivity index (χ4n) is 3.33. The van der Waals surface area contributed by atoms with E-state index in [0.29, 0.717) is 19.6 Å². The first-order valence-electron chi connectivity index (χ1n) is 9.44. The van der Waals surface area contributed by atoms with Gasteiger partial charge in [0.25, 0.3) is 0 Å². The number of piperidine rings is 1. The highest BCUT2D eigenvalue weighted by molar-refractivity contribution is 14.0. The minimum absolute atomic E-state index is 0. The third-order valence-corrected chi connectivity index (χ3v) is 4.87. The van der Waals surface area contributed by atoms with Crippen molar-refractivity contribution in [2.24, 2.45) is 10.7 Å². The van der Waals surface area contributed by atoms with Crippen molar-refractivity contribution >= 4 is 36.0 Å². The van der Waals surface area contributed by atoms with Gasteiger partial charge < -0.3 is 30.4 Å². The van der Waals surface area contributed by atoms with Crippen LogP contribution in [0.15, 0.2) is 27.8 Å². The average molecular weight is 491 g/mol. The zero-order valence-corrected chi connectivity index (χ0v) is 17.9. The van der Waals surface area contributed by atoms with E-state index in [4.69, 9.17) is 19.9 Å². The summed E-state index contributed by atoms with van der Waals surface area (Å²) in [6.45, 7) is 3.60. The maximum absolute atomic E-state index is 11.3. The molecule has 8 nitrogen and oxygen atoms in total. The Labute approximate surface area is 177 Å². The summed E-state index contributed by atoms with van der Waals surface area (Å²) >= 11 is 0. The van der Waals surface area contributed by atoms with Crippen LogP contribution >= 0.6 is 24.0 Å². The Morgan fingerprint density at radius 2 is 2.15 bits per heavy atom. The number of primary amides is 1. The molecule has 9 heteroatoms. The van der Waals surface area contributed by atoms with E-state index in [0.717, 1.165) is 57.0 Å². The Bertz CT molecular complexity index is 582. The standard InChI is InChI=1S/C18H29N5O3.HI/c19-17(24)23-9-6-14(7-10-23)22-18(21-13-16-4-2-12-26-16)20-8-5-15-3-1-11-25-15;/h1,3,11,14,16H,2,4-10,12-13H2,(H2,19,24)(H2,20,21,22);1H. The number of amides is 2. The van der Waals surface area contributed by atoms with Crippen LogP contribution in [0.4, 0.5) is 4.79 Å². The number of carbonyl (C=O) groups is 1. The lowest BCUT2D eigenvalue weighted by Gasteiger charge is -2.32. The molecule has 0 bridgehead atoms. The van der Waals surface area contributed by atoms with Gasteiger partial charge in [0, 0.05) is 38.7 Å². The minimum atomic E-state index is -0.340. The van der Waals surface area contributed by atoms with E-state index in [1.807, 2.05) is 12.1 Å². The molecule has 1 atom stereocenters. The molecule has 0 spiro atoms. The second-order valence-electron chi connectivity index (χ2n) is 6.82. The molecule has 0 saturated carbocycles. The van der Waals surface area contributed by atoms with Crippen molar-refractivity contribution in [3.8, 4) is 0 Å². The smallest absolute Gasteiger partial charge is 0.314 e. The number of halogens is 1. The van der Waals surface area contributed by atoms with Gasteiger partial charge in [-0.05, 0) is 37.8 Å². The van der Waals surface area contributed by atoms with Crippen molar-refractivity contribution in [3.63, 3.8) is 0 Å². The predicted octanol–water partition coefficient (Wildman–Crippen LogP) is 1.70. The number of rotatable bonds is 6. The number of nitrogens with zero attached hydrogens (tertiary/aromatic N) is 2. The second-order valence-corrected chi connectivity index (χ2v) is 6.82. The van der Waals surface area contributed by atoms with E-state index in [-0.39, 0.29) is 42.2 Å². The average Bonchev–Trinajstić information content (AvgIpc) is 3.34. The number of hydrogen-bond acceptors (Lipinski definition) is 4. The number of carbonyl (C=O) groups excluding carboxylic acids is 1. The van der Waals surface area contributed by atoms with Crippen molar-refractivity contribution in [3.05, 3.63) is 24.2 Å². The van der Waals surface area contributed by atoms with Crippen LogP contribution < -0.4 is 16.4 Å². The van der Waals surface area contributed by atoms with Crippen molar-refractivity contribution in [2.75, 3.05) is 32.8 Å². The molecule has 27 heavy (non-hydrogen) atoms. The van der Waals surface area contributed by atoms with Crippen LogP contribution in [0.25, 0.3) is 0 Å². The Balaban J connectivity index is 0.00000261. The molecule has 1 aromatic heterocycles. The largest absolute Gasteiger partial charge is 0.469 e. The number of nitrogens with two attached hydrogens (primary N) is 1. The van der Waals surface area contributed by atoms with Crippen LogP contribution in [0, 0.1) is 0 Å². The maximum atomic E-state index is 11.3. The van der Waals surface area contributed by atoms with Crippen LogP contribution in [0.3, 0.4) is 0 Å². The van der Waals surface area contributed by atoms with Crippen molar-refractivity contribution in [1.29, 1.82) is 0 Å². The van der Waals surface area contributed by atoms with E-state index < -0.39 is 0 Å². The van der Waals surface area contributed by atoms with Crippen LogP contribution in [0.1, 0.15) is 31.4 Å². The summed E-state index contributed by atoms with van der Waals surface area (Å²) in [5.41, 5.74) is 5.35. The van der Waals surface area contributed by atoms with E-state index in [2.05, 4.69) is 10.6 Å². The lowest BCUT2D eigenvalue weighted by atomic mass is 10.1. The number of guanidine groups is 1. The van der Waals surface area contributed by atoms with Crippen LogP contribution in [0.5, 0.6) is 0 Å². The van der Waals surface area contributed by atoms with Crippen molar-refractivity contribution in [2.45, 2.75) is 44.2 Å². The van der Waals surface area contributed by atoms with Gasteiger partial charge in [-0.15, -0.1) is 24.0 Å². The van der Waals surface area contributed by atoms with E-state index in [9.17, 15) is 4.79 Å². The molecule has 2 aliphatic heterocycles. The molecule has 1 unspecified atom stereocenters. The Morgan fingerprint density at radius 3 is 2.78 bits per heavy atom. The quantitative estimate of drug-likeness (QED) is 0.319. The number of likely N-dealkylation sites (tertiary alicyclic amines) is 1. The summed E-state index contributed by atoms with van der Waals surface area (Å²) in [5.74, 6) is 1.75. The van der Waals surface area contributed by atoms with Gasteiger partial charge in [0.2, 0.25) is 0 Å². The van der Waals surface area contributed by atoms with Gasteiger partial charge in [-0.2, -0.15) is 0 Å². The zero-order chi connectivity index (χ0) is 18.2.